The second-order valence-corrected chi connectivity index (χ2v) is 3.93. The lowest BCUT2D eigenvalue weighted by Crippen LogP contribution is -2.21. The average molecular weight is 257 g/mol. The van der Waals surface area contributed by atoms with Crippen molar-refractivity contribution in [1.29, 1.82) is 0 Å². The molecule has 3 N–H and O–H groups in total. The fourth-order valence-electron chi connectivity index (χ4n) is 1.27. The zero-order valence-electron chi connectivity index (χ0n) is 9.83. The summed E-state index contributed by atoms with van der Waals surface area (Å²) in [6.07, 6.45) is 0.459. The fraction of sp³-hybridized carbons (Fsp3) is 0.417. The van der Waals surface area contributed by atoms with Gasteiger partial charge in [0.25, 0.3) is 0 Å². The lowest BCUT2D eigenvalue weighted by molar-refractivity contribution is -0.120. The minimum atomic E-state index is -0.00523. The van der Waals surface area contributed by atoms with Crippen LogP contribution in [0.4, 0.5) is 0 Å². The molecule has 0 radical (unpaired) electrons. The highest BCUT2D eigenvalue weighted by atomic mass is 35.5. The molecule has 0 aliphatic rings. The third-order valence-corrected chi connectivity index (χ3v) is 2.57. The number of ether oxygens (including phenoxy) is 1. The molecule has 0 saturated heterocycles. The van der Waals surface area contributed by atoms with E-state index in [4.69, 9.17) is 22.1 Å². The Morgan fingerprint density at radius 2 is 2.29 bits per heavy atom. The van der Waals surface area contributed by atoms with Gasteiger partial charge in [-0.2, -0.15) is 0 Å². The molecular formula is C12H17ClN2O2. The first-order chi connectivity index (χ1) is 8.17. The van der Waals surface area contributed by atoms with Crippen molar-refractivity contribution in [3.63, 3.8) is 0 Å². The molecule has 0 saturated carbocycles. The number of carbonyl (C=O) groups is 1. The molecule has 0 atom stereocenters. The van der Waals surface area contributed by atoms with Gasteiger partial charge in [-0.25, -0.2) is 0 Å². The van der Waals surface area contributed by atoms with E-state index >= 15 is 0 Å². The predicted octanol–water partition coefficient (Wildman–Crippen LogP) is 1.70. The normalized spacial score (nSPS) is 10.1. The van der Waals surface area contributed by atoms with Gasteiger partial charge in [-0.1, -0.05) is 18.5 Å². The van der Waals surface area contributed by atoms with Crippen LogP contribution in [0.3, 0.4) is 0 Å². The molecule has 0 aliphatic heterocycles. The maximum Gasteiger partial charge on any atom is 0.219 e. The number of amides is 1. The molecule has 0 fully saturated rings. The molecule has 94 valence electrons. The topological polar surface area (TPSA) is 64.3 Å². The second-order valence-electron chi connectivity index (χ2n) is 3.52. The Balaban J connectivity index is 2.65. The molecule has 1 amide bonds. The molecule has 0 unspecified atom stereocenters. The zero-order valence-corrected chi connectivity index (χ0v) is 10.6. The van der Waals surface area contributed by atoms with Gasteiger partial charge < -0.3 is 15.8 Å². The van der Waals surface area contributed by atoms with Crippen molar-refractivity contribution in [2.24, 2.45) is 5.73 Å². The molecule has 5 heteroatoms. The number of rotatable bonds is 6. The van der Waals surface area contributed by atoms with Crippen LogP contribution in [0, 0.1) is 0 Å². The molecule has 17 heavy (non-hydrogen) atoms. The van der Waals surface area contributed by atoms with E-state index in [9.17, 15) is 4.79 Å². The molecular weight excluding hydrogens is 240 g/mol. The molecule has 0 bridgehead atoms. The van der Waals surface area contributed by atoms with E-state index in [0.29, 0.717) is 36.9 Å². The molecule has 0 aliphatic carbocycles. The van der Waals surface area contributed by atoms with Crippen molar-refractivity contribution in [3.05, 3.63) is 28.8 Å². The Hall–Kier alpha value is -1.26. The maximum atomic E-state index is 11.2. The van der Waals surface area contributed by atoms with Gasteiger partial charge in [-0.05, 0) is 23.8 Å². The summed E-state index contributed by atoms with van der Waals surface area (Å²) in [6.45, 7) is 3.13. The quantitative estimate of drug-likeness (QED) is 0.814. The van der Waals surface area contributed by atoms with E-state index in [1.54, 1.807) is 19.1 Å². The van der Waals surface area contributed by atoms with E-state index in [1.807, 2.05) is 6.07 Å². The third kappa shape index (κ3) is 4.63. The summed E-state index contributed by atoms with van der Waals surface area (Å²) in [5.74, 6) is 0.704. The summed E-state index contributed by atoms with van der Waals surface area (Å²) < 4.78 is 5.39. The summed E-state index contributed by atoms with van der Waals surface area (Å²) in [7, 11) is 0. The Morgan fingerprint density at radius 3 is 2.94 bits per heavy atom. The van der Waals surface area contributed by atoms with Crippen molar-refractivity contribution < 1.29 is 9.53 Å². The van der Waals surface area contributed by atoms with Crippen molar-refractivity contribution in [2.45, 2.75) is 19.9 Å². The highest BCUT2D eigenvalue weighted by Crippen LogP contribution is 2.22. The van der Waals surface area contributed by atoms with Crippen LogP contribution in [0.2, 0.25) is 5.02 Å². The minimum absolute atomic E-state index is 0.00523. The lowest BCUT2D eigenvalue weighted by atomic mass is 10.2. The second kappa shape index (κ2) is 7.14. The third-order valence-electron chi connectivity index (χ3n) is 2.20. The monoisotopic (exact) mass is 256 g/mol. The van der Waals surface area contributed by atoms with Crippen molar-refractivity contribution >= 4 is 17.5 Å². The number of carbonyl (C=O) groups excluding carboxylic acids is 1. The van der Waals surface area contributed by atoms with Crippen LogP contribution < -0.4 is 15.8 Å². The fourth-order valence-corrected chi connectivity index (χ4v) is 1.46. The lowest BCUT2D eigenvalue weighted by Gasteiger charge is -2.09. The van der Waals surface area contributed by atoms with Crippen LogP contribution in [0.5, 0.6) is 5.75 Å². The van der Waals surface area contributed by atoms with Gasteiger partial charge in [0.05, 0.1) is 0 Å². The van der Waals surface area contributed by atoms with E-state index in [-0.39, 0.29) is 5.91 Å². The van der Waals surface area contributed by atoms with E-state index in [1.165, 1.54) is 0 Å². The van der Waals surface area contributed by atoms with Crippen molar-refractivity contribution in [2.75, 3.05) is 13.2 Å². The molecule has 1 rings (SSSR count). The number of nitrogens with one attached hydrogen (secondary N) is 1. The number of halogens is 1. The largest absolute Gasteiger partial charge is 0.492 e. The first-order valence-corrected chi connectivity index (χ1v) is 5.93. The first-order valence-electron chi connectivity index (χ1n) is 5.55. The summed E-state index contributed by atoms with van der Waals surface area (Å²) in [4.78, 5) is 11.2. The molecule has 1 aromatic rings. The standard InChI is InChI=1S/C12H17ClN2O2/c1-2-12(16)15-8-9-7-10(17-6-5-14)3-4-11(9)13/h3-4,7H,2,5-6,8,14H2,1H3,(H,15,16). The number of benzene rings is 1. The van der Waals surface area contributed by atoms with Gasteiger partial charge >= 0.3 is 0 Å². The van der Waals surface area contributed by atoms with Gasteiger partial charge in [0.15, 0.2) is 0 Å². The Morgan fingerprint density at radius 1 is 1.53 bits per heavy atom. The van der Waals surface area contributed by atoms with Gasteiger partial charge in [0.1, 0.15) is 12.4 Å². The highest BCUT2D eigenvalue weighted by Gasteiger charge is 2.04. The first kappa shape index (κ1) is 13.8. The van der Waals surface area contributed by atoms with Crippen LogP contribution in [-0.2, 0) is 11.3 Å². The van der Waals surface area contributed by atoms with Crippen LogP contribution >= 0.6 is 11.6 Å². The summed E-state index contributed by atoms with van der Waals surface area (Å²) in [5, 5.41) is 3.38. The van der Waals surface area contributed by atoms with Crippen LogP contribution in [0.25, 0.3) is 0 Å². The Labute approximate surface area is 106 Å². The van der Waals surface area contributed by atoms with E-state index in [2.05, 4.69) is 5.32 Å². The average Bonchev–Trinajstić information content (AvgIpc) is 2.35. The van der Waals surface area contributed by atoms with E-state index < -0.39 is 0 Å². The van der Waals surface area contributed by atoms with Crippen LogP contribution in [0.1, 0.15) is 18.9 Å². The van der Waals surface area contributed by atoms with Gasteiger partial charge in [0.2, 0.25) is 5.91 Å². The SMILES string of the molecule is CCC(=O)NCc1cc(OCCN)ccc1Cl. The molecule has 0 heterocycles. The zero-order chi connectivity index (χ0) is 12.7. The summed E-state index contributed by atoms with van der Waals surface area (Å²) in [5.41, 5.74) is 6.19. The summed E-state index contributed by atoms with van der Waals surface area (Å²) in [6, 6.07) is 5.35. The van der Waals surface area contributed by atoms with E-state index in [0.717, 1.165) is 5.56 Å². The van der Waals surface area contributed by atoms with Crippen LogP contribution in [0.15, 0.2) is 18.2 Å². The Bertz CT molecular complexity index is 383. The number of nitrogens with two attached hydrogens (primary N) is 1. The van der Waals surface area contributed by atoms with Crippen molar-refractivity contribution in [3.8, 4) is 5.75 Å². The molecule has 4 nitrogen and oxygen atoms in total. The smallest absolute Gasteiger partial charge is 0.219 e. The van der Waals surface area contributed by atoms with Crippen molar-refractivity contribution in [1.82, 2.24) is 5.32 Å². The predicted molar refractivity (Wildman–Crippen MR) is 68.1 cm³/mol. The maximum absolute atomic E-state index is 11.2. The van der Waals surface area contributed by atoms with Gasteiger partial charge in [-0.3, -0.25) is 4.79 Å². The molecule has 0 spiro atoms. The van der Waals surface area contributed by atoms with Gasteiger partial charge in [-0.15, -0.1) is 0 Å². The van der Waals surface area contributed by atoms with Crippen LogP contribution in [-0.4, -0.2) is 19.1 Å². The minimum Gasteiger partial charge on any atom is -0.492 e. The highest BCUT2D eigenvalue weighted by molar-refractivity contribution is 6.31. The number of hydrogen-bond donors (Lipinski definition) is 2. The molecule has 1 aromatic carbocycles. The molecule has 0 aromatic heterocycles. The number of hydrogen-bond acceptors (Lipinski definition) is 3. The summed E-state index contributed by atoms with van der Waals surface area (Å²) >= 11 is 6.03. The van der Waals surface area contributed by atoms with Gasteiger partial charge in [0, 0.05) is 24.5 Å². The Kier molecular flexibility index (Phi) is 5.80.